The Hall–Kier alpha value is -1.98. The minimum absolute atomic E-state index is 0.124. The van der Waals surface area contributed by atoms with E-state index in [0.717, 1.165) is 0 Å². The molecule has 0 saturated carbocycles. The number of carbonyl (C=O) groups excluding carboxylic acids is 1. The zero-order chi connectivity index (χ0) is 16.9. The maximum absolute atomic E-state index is 13.0. The second-order valence-corrected chi connectivity index (χ2v) is 7.57. The molecule has 2 atom stereocenters. The second kappa shape index (κ2) is 7.53. The van der Waals surface area contributed by atoms with E-state index in [1.54, 1.807) is 55.5 Å². The van der Waals surface area contributed by atoms with Gasteiger partial charge in [0.25, 0.3) is 0 Å². The molecule has 0 aliphatic rings. The van der Waals surface area contributed by atoms with Gasteiger partial charge in [-0.05, 0) is 24.5 Å². The maximum Gasteiger partial charge on any atom is 0.188 e. The van der Waals surface area contributed by atoms with E-state index in [2.05, 4.69) is 0 Å². The fourth-order valence-electron chi connectivity index (χ4n) is 2.58. The normalized spacial score (nSPS) is 14.2. The summed E-state index contributed by atoms with van der Waals surface area (Å²) in [6, 6.07) is 16.4. The Balaban J connectivity index is 2.49. The van der Waals surface area contributed by atoms with Crippen molar-refractivity contribution in [3.63, 3.8) is 0 Å². The lowest BCUT2D eigenvalue weighted by molar-refractivity contribution is 0.0963. The minimum Gasteiger partial charge on any atom is -0.396 e. The SMILES string of the molecule is C[C@H](CCO)C(C(=O)c1ccccc1)S(=O)(=O)c1ccccc1. The van der Waals surface area contributed by atoms with Gasteiger partial charge in [-0.15, -0.1) is 0 Å². The van der Waals surface area contributed by atoms with Crippen molar-refractivity contribution in [2.75, 3.05) is 6.61 Å². The highest BCUT2D eigenvalue weighted by Crippen LogP contribution is 2.26. The van der Waals surface area contributed by atoms with Crippen LogP contribution >= 0.6 is 0 Å². The molecule has 0 saturated heterocycles. The first-order valence-electron chi connectivity index (χ1n) is 7.47. The van der Waals surface area contributed by atoms with Gasteiger partial charge in [0.1, 0.15) is 5.25 Å². The van der Waals surface area contributed by atoms with Crippen molar-refractivity contribution in [3.8, 4) is 0 Å². The Labute approximate surface area is 136 Å². The second-order valence-electron chi connectivity index (χ2n) is 5.50. The van der Waals surface area contributed by atoms with Crippen LogP contribution in [0, 0.1) is 5.92 Å². The molecule has 1 unspecified atom stereocenters. The molecule has 4 nitrogen and oxygen atoms in total. The molecule has 1 N–H and O–H groups in total. The Morgan fingerprint density at radius 2 is 1.52 bits per heavy atom. The average molecular weight is 332 g/mol. The van der Waals surface area contributed by atoms with Crippen LogP contribution in [0.15, 0.2) is 65.6 Å². The van der Waals surface area contributed by atoms with E-state index >= 15 is 0 Å². The van der Waals surface area contributed by atoms with Gasteiger partial charge in [-0.1, -0.05) is 55.5 Å². The van der Waals surface area contributed by atoms with Crippen LogP contribution in [0.2, 0.25) is 0 Å². The predicted molar refractivity (Wildman–Crippen MR) is 89.1 cm³/mol. The van der Waals surface area contributed by atoms with Crippen LogP contribution in [0.1, 0.15) is 23.7 Å². The fraction of sp³-hybridized carbons (Fsp3) is 0.278. The number of hydrogen-bond donors (Lipinski definition) is 1. The van der Waals surface area contributed by atoms with Crippen molar-refractivity contribution in [1.82, 2.24) is 0 Å². The molecule has 0 bridgehead atoms. The van der Waals surface area contributed by atoms with Crippen molar-refractivity contribution in [2.24, 2.45) is 5.92 Å². The molecule has 23 heavy (non-hydrogen) atoms. The minimum atomic E-state index is -3.83. The number of hydrogen-bond acceptors (Lipinski definition) is 4. The highest BCUT2D eigenvalue weighted by molar-refractivity contribution is 7.92. The third kappa shape index (κ3) is 3.86. The smallest absolute Gasteiger partial charge is 0.188 e. The third-order valence-corrected chi connectivity index (χ3v) is 6.10. The molecule has 0 aliphatic carbocycles. The van der Waals surface area contributed by atoms with Gasteiger partial charge in [0.2, 0.25) is 0 Å². The van der Waals surface area contributed by atoms with Crippen LogP contribution in [0.5, 0.6) is 0 Å². The monoisotopic (exact) mass is 332 g/mol. The van der Waals surface area contributed by atoms with Crippen molar-refractivity contribution >= 4 is 15.6 Å². The predicted octanol–water partition coefficient (Wildman–Crippen LogP) is 2.73. The average Bonchev–Trinajstić information content (AvgIpc) is 2.56. The highest BCUT2D eigenvalue weighted by Gasteiger charge is 2.38. The molecule has 2 aromatic rings. The van der Waals surface area contributed by atoms with Gasteiger partial charge >= 0.3 is 0 Å². The molecule has 2 aromatic carbocycles. The molecule has 122 valence electrons. The van der Waals surface area contributed by atoms with Crippen molar-refractivity contribution in [1.29, 1.82) is 0 Å². The molecule has 0 amide bonds. The molecular weight excluding hydrogens is 312 g/mol. The van der Waals surface area contributed by atoms with Gasteiger partial charge in [0.05, 0.1) is 4.90 Å². The van der Waals surface area contributed by atoms with E-state index in [0.29, 0.717) is 5.56 Å². The number of sulfone groups is 1. The first-order valence-corrected chi connectivity index (χ1v) is 9.02. The first kappa shape index (κ1) is 17.4. The number of aliphatic hydroxyl groups is 1. The van der Waals surface area contributed by atoms with Gasteiger partial charge in [-0.2, -0.15) is 0 Å². The van der Waals surface area contributed by atoms with Gasteiger partial charge in [0, 0.05) is 12.2 Å². The van der Waals surface area contributed by atoms with Crippen molar-refractivity contribution in [2.45, 2.75) is 23.5 Å². The summed E-state index contributed by atoms with van der Waals surface area (Å²) in [4.78, 5) is 12.9. The van der Waals surface area contributed by atoms with E-state index in [1.165, 1.54) is 12.1 Å². The van der Waals surface area contributed by atoms with E-state index in [4.69, 9.17) is 5.11 Å². The Kier molecular flexibility index (Phi) is 5.69. The number of benzene rings is 2. The summed E-state index contributed by atoms with van der Waals surface area (Å²) in [5.41, 5.74) is 0.363. The quantitative estimate of drug-likeness (QED) is 0.791. The van der Waals surface area contributed by atoms with E-state index in [1.807, 2.05) is 0 Å². The zero-order valence-electron chi connectivity index (χ0n) is 12.9. The van der Waals surface area contributed by atoms with Crippen LogP contribution in [0.25, 0.3) is 0 Å². The Morgan fingerprint density at radius 1 is 1.00 bits per heavy atom. The largest absolute Gasteiger partial charge is 0.396 e. The lowest BCUT2D eigenvalue weighted by Crippen LogP contribution is -2.37. The van der Waals surface area contributed by atoms with Crippen LogP contribution in [0.3, 0.4) is 0 Å². The van der Waals surface area contributed by atoms with Crippen LogP contribution in [-0.2, 0) is 9.84 Å². The molecule has 0 radical (unpaired) electrons. The summed E-state index contributed by atoms with van der Waals surface area (Å²) in [5.74, 6) is -0.923. The van der Waals surface area contributed by atoms with E-state index < -0.39 is 26.8 Å². The molecule has 5 heteroatoms. The maximum atomic E-state index is 13.0. The molecule has 0 heterocycles. The van der Waals surface area contributed by atoms with Crippen LogP contribution < -0.4 is 0 Å². The fourth-order valence-corrected chi connectivity index (χ4v) is 4.58. The number of Topliss-reactive ketones (excluding diaryl/α,β-unsaturated/α-hetero) is 1. The standard InChI is InChI=1S/C18H20O4S/c1-14(12-13-19)18(17(20)15-8-4-2-5-9-15)23(21,22)16-10-6-3-7-11-16/h2-11,14,18-19H,12-13H2,1H3/t14-,18?/m1/s1. The van der Waals surface area contributed by atoms with Crippen LogP contribution in [0.4, 0.5) is 0 Å². The van der Waals surface area contributed by atoms with E-state index in [9.17, 15) is 13.2 Å². The van der Waals surface area contributed by atoms with Crippen LogP contribution in [-0.4, -0.2) is 31.2 Å². The first-order chi connectivity index (χ1) is 11.0. The van der Waals surface area contributed by atoms with Gasteiger partial charge in [-0.25, -0.2) is 8.42 Å². The molecular formula is C18H20O4S. The molecule has 0 aliphatic heterocycles. The Morgan fingerprint density at radius 3 is 2.04 bits per heavy atom. The van der Waals surface area contributed by atoms with Crippen molar-refractivity contribution in [3.05, 3.63) is 66.2 Å². The van der Waals surface area contributed by atoms with Gasteiger partial charge < -0.3 is 5.11 Å². The van der Waals surface area contributed by atoms with E-state index in [-0.39, 0.29) is 17.9 Å². The highest BCUT2D eigenvalue weighted by atomic mass is 32.2. The van der Waals surface area contributed by atoms with Gasteiger partial charge in [-0.3, -0.25) is 4.79 Å². The lowest BCUT2D eigenvalue weighted by atomic mass is 9.97. The molecule has 2 rings (SSSR count). The summed E-state index contributed by atoms with van der Waals surface area (Å²) >= 11 is 0. The number of carbonyl (C=O) groups is 1. The summed E-state index contributed by atoms with van der Waals surface area (Å²) in [6.07, 6.45) is 0.245. The zero-order valence-corrected chi connectivity index (χ0v) is 13.7. The topological polar surface area (TPSA) is 71.4 Å². The molecule has 0 aromatic heterocycles. The number of aliphatic hydroxyl groups excluding tert-OH is 1. The lowest BCUT2D eigenvalue weighted by Gasteiger charge is -2.22. The summed E-state index contributed by atoms with van der Waals surface area (Å²) in [5, 5.41) is 7.96. The van der Waals surface area contributed by atoms with Crippen molar-refractivity contribution < 1.29 is 18.3 Å². The summed E-state index contributed by atoms with van der Waals surface area (Å²) in [7, 11) is -3.83. The molecule has 0 spiro atoms. The summed E-state index contributed by atoms with van der Waals surface area (Å²) in [6.45, 7) is 1.52. The number of rotatable bonds is 7. The summed E-state index contributed by atoms with van der Waals surface area (Å²) < 4.78 is 25.9. The molecule has 0 fully saturated rings. The Bertz CT molecular complexity index is 739. The van der Waals surface area contributed by atoms with Gasteiger partial charge in [0.15, 0.2) is 15.6 Å². The number of ketones is 1. The third-order valence-electron chi connectivity index (χ3n) is 3.82.